The van der Waals surface area contributed by atoms with Gasteiger partial charge in [-0.15, -0.1) is 0 Å². The lowest BCUT2D eigenvalue weighted by molar-refractivity contribution is -0.601. The van der Waals surface area contributed by atoms with Crippen LogP contribution in [0.4, 0.5) is 19.0 Å². The standard InChI is InChI=1S/C22H22F3N5O3/c1-12(13-3-2-4-14(19(13)23)20(24)25)26-22(31)15-9-18(29-5-7-32-8-6-29)28-30-17-11-33-10-16(17)27-21(15)30/h2-4,9,12,16,20H,5-8,10-11H2,1H3/p+1/t12-,16-/m1/s1. The van der Waals surface area contributed by atoms with Crippen LogP contribution < -0.4 is 20.1 Å². The first-order chi connectivity index (χ1) is 15.9. The highest BCUT2D eigenvalue weighted by Gasteiger charge is 2.39. The number of ether oxygens (including phenoxy) is 2. The van der Waals surface area contributed by atoms with Gasteiger partial charge in [0, 0.05) is 24.7 Å². The number of aromatic nitrogens is 2. The Kier molecular flexibility index (Phi) is 5.75. The van der Waals surface area contributed by atoms with E-state index < -0.39 is 29.8 Å². The number of carbonyl (C=O) groups is 1. The summed E-state index contributed by atoms with van der Waals surface area (Å²) < 4.78 is 53.4. The highest BCUT2D eigenvalue weighted by molar-refractivity contribution is 5.94. The second kappa shape index (κ2) is 8.71. The lowest BCUT2D eigenvalue weighted by Gasteiger charge is -2.27. The van der Waals surface area contributed by atoms with E-state index in [1.807, 2.05) is 4.90 Å². The van der Waals surface area contributed by atoms with Crippen LogP contribution in [0.2, 0.25) is 0 Å². The van der Waals surface area contributed by atoms with Crippen molar-refractivity contribution in [2.24, 2.45) is 4.99 Å². The molecule has 4 heterocycles. The van der Waals surface area contributed by atoms with E-state index in [9.17, 15) is 18.0 Å². The number of alkyl halides is 2. The molecule has 3 aliphatic rings. The molecule has 0 spiro atoms. The lowest BCUT2D eigenvalue weighted by Crippen LogP contribution is -2.49. The van der Waals surface area contributed by atoms with Gasteiger partial charge in [0.2, 0.25) is 6.04 Å². The van der Waals surface area contributed by atoms with Gasteiger partial charge in [-0.1, -0.05) is 32.6 Å². The Balaban J connectivity index is 1.51. The summed E-state index contributed by atoms with van der Waals surface area (Å²) in [5.74, 6) is -0.910. The van der Waals surface area contributed by atoms with Crippen LogP contribution in [0.3, 0.4) is 0 Å². The zero-order valence-corrected chi connectivity index (χ0v) is 17.9. The molecule has 2 aromatic rings. The normalized spacial score (nSPS) is 20.5. The Morgan fingerprint density at radius 2 is 2.00 bits per heavy atom. The number of nitrogens with zero attached hydrogens (tertiary/aromatic N) is 4. The summed E-state index contributed by atoms with van der Waals surface area (Å²) in [4.78, 5) is 19.9. The summed E-state index contributed by atoms with van der Waals surface area (Å²) in [6.45, 7) is 4.69. The number of halogens is 3. The predicted molar refractivity (Wildman–Crippen MR) is 109 cm³/mol. The zero-order valence-electron chi connectivity index (χ0n) is 17.9. The summed E-state index contributed by atoms with van der Waals surface area (Å²) in [6.07, 6.45) is -2.94. The van der Waals surface area contributed by atoms with E-state index in [0.717, 1.165) is 11.8 Å². The molecule has 3 aliphatic heterocycles. The third-order valence-corrected chi connectivity index (χ3v) is 6.07. The summed E-state index contributed by atoms with van der Waals surface area (Å²) in [6, 6.07) is 4.40. The largest absolute Gasteiger partial charge is 0.378 e. The summed E-state index contributed by atoms with van der Waals surface area (Å²) >= 11 is 0. The highest BCUT2D eigenvalue weighted by atomic mass is 19.3. The quantitative estimate of drug-likeness (QED) is 0.676. The average Bonchev–Trinajstić information content (AvgIpc) is 3.40. The first-order valence-corrected chi connectivity index (χ1v) is 10.8. The van der Waals surface area contributed by atoms with Crippen molar-refractivity contribution in [3.05, 3.63) is 58.0 Å². The minimum atomic E-state index is -2.94. The fourth-order valence-corrected chi connectivity index (χ4v) is 4.28. The van der Waals surface area contributed by atoms with Gasteiger partial charge >= 0.3 is 5.49 Å². The molecule has 2 atom stereocenters. The molecule has 33 heavy (non-hydrogen) atoms. The number of amides is 1. The van der Waals surface area contributed by atoms with Gasteiger partial charge in [-0.05, 0) is 6.92 Å². The van der Waals surface area contributed by atoms with Crippen LogP contribution in [0.1, 0.15) is 40.9 Å². The molecule has 8 nitrogen and oxygen atoms in total. The molecule has 2 fully saturated rings. The number of carbonyl (C=O) groups excluding carboxylic acids is 1. The van der Waals surface area contributed by atoms with Crippen molar-refractivity contribution in [3.8, 4) is 0 Å². The Morgan fingerprint density at radius 1 is 1.24 bits per heavy atom. The second-order valence-corrected chi connectivity index (χ2v) is 8.15. The number of hydrogen-bond donors (Lipinski definition) is 1. The third kappa shape index (κ3) is 3.95. The van der Waals surface area contributed by atoms with Gasteiger partial charge in [-0.2, -0.15) is 0 Å². The number of anilines is 1. The molecule has 1 amide bonds. The molecular formula is C22H23F3N5O3+. The molecule has 1 aromatic heterocycles. The van der Waals surface area contributed by atoms with Crippen LogP contribution in [-0.2, 0) is 9.47 Å². The van der Waals surface area contributed by atoms with Gasteiger partial charge < -0.3 is 19.7 Å². The molecule has 2 saturated heterocycles. The molecule has 174 valence electrons. The van der Waals surface area contributed by atoms with E-state index >= 15 is 0 Å². The first-order valence-electron chi connectivity index (χ1n) is 10.8. The Hall–Kier alpha value is -3.05. The Morgan fingerprint density at radius 3 is 2.76 bits per heavy atom. The Labute approximate surface area is 187 Å². The highest BCUT2D eigenvalue weighted by Crippen LogP contribution is 2.27. The number of rotatable bonds is 5. The maximum Gasteiger partial charge on any atom is 0.356 e. The minimum Gasteiger partial charge on any atom is -0.378 e. The van der Waals surface area contributed by atoms with Crippen LogP contribution in [0.15, 0.2) is 29.3 Å². The maximum atomic E-state index is 14.6. The number of nitrogens with one attached hydrogen (secondary N) is 1. The number of morpholine rings is 1. The van der Waals surface area contributed by atoms with Gasteiger partial charge in [0.25, 0.3) is 12.3 Å². The van der Waals surface area contributed by atoms with Gasteiger partial charge in [-0.25, -0.2) is 13.2 Å². The molecule has 11 heteroatoms. The maximum absolute atomic E-state index is 14.6. The van der Waals surface area contributed by atoms with Crippen molar-refractivity contribution < 1.29 is 31.8 Å². The van der Waals surface area contributed by atoms with E-state index in [1.165, 1.54) is 12.1 Å². The Bertz CT molecular complexity index is 1220. The summed E-state index contributed by atoms with van der Waals surface area (Å²) in [7, 11) is 0. The molecular weight excluding hydrogens is 439 g/mol. The smallest absolute Gasteiger partial charge is 0.356 e. The van der Waals surface area contributed by atoms with Gasteiger partial charge in [0.15, 0.2) is 11.5 Å². The van der Waals surface area contributed by atoms with Crippen molar-refractivity contribution in [3.63, 3.8) is 0 Å². The van der Waals surface area contributed by atoms with E-state index in [0.29, 0.717) is 50.8 Å². The van der Waals surface area contributed by atoms with E-state index in [2.05, 4.69) is 10.3 Å². The van der Waals surface area contributed by atoms with Gasteiger partial charge in [0.1, 0.15) is 18.0 Å². The van der Waals surface area contributed by atoms with Crippen molar-refractivity contribution in [1.82, 2.24) is 10.4 Å². The van der Waals surface area contributed by atoms with Crippen LogP contribution in [-0.4, -0.2) is 56.6 Å². The van der Waals surface area contributed by atoms with Crippen LogP contribution in [0.25, 0.3) is 0 Å². The van der Waals surface area contributed by atoms with E-state index in [1.54, 1.807) is 17.3 Å². The van der Waals surface area contributed by atoms with Crippen molar-refractivity contribution in [1.29, 1.82) is 0 Å². The van der Waals surface area contributed by atoms with Crippen LogP contribution in [0, 0.1) is 11.5 Å². The first kappa shape index (κ1) is 21.8. The summed E-state index contributed by atoms with van der Waals surface area (Å²) in [5, 5.41) is 7.43. The molecule has 1 N–H and O–H groups in total. The zero-order chi connectivity index (χ0) is 23.1. The minimum absolute atomic E-state index is 0.00973. The van der Waals surface area contributed by atoms with Crippen molar-refractivity contribution in [2.75, 3.05) is 44.4 Å². The second-order valence-electron chi connectivity index (χ2n) is 8.15. The van der Waals surface area contributed by atoms with E-state index in [4.69, 9.17) is 14.6 Å². The number of benzene rings is 1. The molecule has 0 saturated carbocycles. The topological polar surface area (TPSA) is 82.0 Å². The number of hydrogen-bond acceptors (Lipinski definition) is 6. The molecule has 0 bridgehead atoms. The molecule has 5 rings (SSSR count). The van der Waals surface area contributed by atoms with Crippen molar-refractivity contribution in [2.45, 2.75) is 25.4 Å². The number of fused-ring (bicyclic) bond motifs is 2. The van der Waals surface area contributed by atoms with E-state index in [-0.39, 0.29) is 17.2 Å². The monoisotopic (exact) mass is 462 g/mol. The van der Waals surface area contributed by atoms with Crippen molar-refractivity contribution >= 4 is 11.7 Å². The van der Waals surface area contributed by atoms with Gasteiger partial charge in [-0.3, -0.25) is 4.79 Å². The fraction of sp³-hybridized carbons (Fsp3) is 0.455. The SMILES string of the molecule is C[C@@H](NC(=O)c1cc(N2CCOCC2)n[n+]2c1=N[C@@H]1COCC=21)c1cccc(C(F)F)c1F. The van der Waals surface area contributed by atoms with Gasteiger partial charge in [0.05, 0.1) is 31.4 Å². The average molecular weight is 462 g/mol. The molecule has 0 aliphatic carbocycles. The third-order valence-electron chi connectivity index (χ3n) is 6.07. The van der Waals surface area contributed by atoms with Crippen LogP contribution >= 0.6 is 0 Å². The predicted octanol–water partition coefficient (Wildman–Crippen LogP) is 1.19. The molecule has 1 aromatic carbocycles. The fourth-order valence-electron chi connectivity index (χ4n) is 4.28. The summed E-state index contributed by atoms with van der Waals surface area (Å²) in [5.41, 5.74) is 0.845. The molecule has 0 unspecified atom stereocenters. The van der Waals surface area contributed by atoms with Crippen LogP contribution in [0.5, 0.6) is 0 Å². The molecule has 0 radical (unpaired) electrons. The lowest BCUT2D eigenvalue weighted by atomic mass is 10.0.